The molecule has 1 saturated heterocycles. The number of thiophene rings is 1. The van der Waals surface area contributed by atoms with Crippen LogP contribution in [0.15, 0.2) is 29.7 Å². The lowest BCUT2D eigenvalue weighted by atomic mass is 9.88. The number of hydrogen-bond acceptors (Lipinski definition) is 4. The summed E-state index contributed by atoms with van der Waals surface area (Å²) in [6.45, 7) is 5.95. The van der Waals surface area contributed by atoms with E-state index in [-0.39, 0.29) is 17.9 Å². The van der Waals surface area contributed by atoms with Crippen molar-refractivity contribution >= 4 is 34.9 Å². The van der Waals surface area contributed by atoms with Gasteiger partial charge in [0, 0.05) is 6.42 Å². The highest BCUT2D eigenvalue weighted by molar-refractivity contribution is 7.11. The highest BCUT2D eigenvalue weighted by Gasteiger charge is 2.30. The van der Waals surface area contributed by atoms with Gasteiger partial charge in [0.2, 0.25) is 11.8 Å². The van der Waals surface area contributed by atoms with E-state index < -0.39 is 0 Å². The summed E-state index contributed by atoms with van der Waals surface area (Å²) in [7, 11) is 0. The standard InChI is InChI=1S/C21H26N2O2S/c1-3-5-8-15-13-26-20(16(15)7-4-2)19(14-9-6-10-14)22-17-11-12-18(24)23-21(17)25/h3,5,8,13,17,22H,1,4,6-7,9-12H2,2H3,(H,23,24,25)/b8-5-. The first kappa shape index (κ1) is 18.6. The van der Waals surface area contributed by atoms with Crippen LogP contribution in [-0.2, 0) is 16.0 Å². The average molecular weight is 371 g/mol. The van der Waals surface area contributed by atoms with Crippen molar-refractivity contribution in [1.82, 2.24) is 10.6 Å². The Bertz CT molecular complexity index is 767. The van der Waals surface area contributed by atoms with Crippen LogP contribution in [0.5, 0.6) is 0 Å². The molecule has 0 aromatic carbocycles. The molecule has 1 aliphatic carbocycles. The summed E-state index contributed by atoms with van der Waals surface area (Å²) in [5.74, 6) is -0.385. The van der Waals surface area contributed by atoms with Gasteiger partial charge in [0.1, 0.15) is 6.04 Å². The predicted molar refractivity (Wildman–Crippen MR) is 108 cm³/mol. The second-order valence-corrected chi connectivity index (χ2v) is 7.70. The summed E-state index contributed by atoms with van der Waals surface area (Å²) in [4.78, 5) is 24.9. The first-order chi connectivity index (χ1) is 12.6. The fraction of sp³-hybridized carbons (Fsp3) is 0.429. The fourth-order valence-electron chi connectivity index (χ4n) is 3.36. The van der Waals surface area contributed by atoms with E-state index >= 15 is 0 Å². The Balaban J connectivity index is 1.93. The summed E-state index contributed by atoms with van der Waals surface area (Å²) in [6, 6.07) is -0.334. The van der Waals surface area contributed by atoms with E-state index in [1.54, 1.807) is 17.4 Å². The van der Waals surface area contributed by atoms with Crippen LogP contribution in [0, 0.1) is 0 Å². The van der Waals surface area contributed by atoms with Gasteiger partial charge in [-0.3, -0.25) is 14.9 Å². The van der Waals surface area contributed by atoms with Gasteiger partial charge in [-0.25, -0.2) is 0 Å². The zero-order valence-corrected chi connectivity index (χ0v) is 16.1. The van der Waals surface area contributed by atoms with Gasteiger partial charge in [-0.05, 0) is 54.2 Å². The Kier molecular flexibility index (Phi) is 6.09. The fourth-order valence-corrected chi connectivity index (χ4v) is 4.51. The summed E-state index contributed by atoms with van der Waals surface area (Å²) >= 11 is 1.74. The molecule has 2 heterocycles. The molecule has 0 bridgehead atoms. The van der Waals surface area contributed by atoms with Gasteiger partial charge in [0.25, 0.3) is 0 Å². The van der Waals surface area contributed by atoms with Gasteiger partial charge in [0.15, 0.2) is 0 Å². The molecule has 1 aromatic heterocycles. The van der Waals surface area contributed by atoms with Crippen molar-refractivity contribution in [3.05, 3.63) is 45.7 Å². The van der Waals surface area contributed by atoms with E-state index in [2.05, 4.69) is 35.6 Å². The molecule has 138 valence electrons. The molecule has 4 nitrogen and oxygen atoms in total. The molecular weight excluding hydrogens is 344 g/mol. The lowest BCUT2D eigenvalue weighted by Gasteiger charge is -2.29. The van der Waals surface area contributed by atoms with Crippen LogP contribution in [-0.4, -0.2) is 17.9 Å². The molecule has 1 unspecified atom stereocenters. The average Bonchev–Trinajstić information content (AvgIpc) is 2.96. The topological polar surface area (TPSA) is 58.2 Å². The molecule has 2 aliphatic rings. The number of imide groups is 1. The maximum atomic E-state index is 12.2. The smallest absolute Gasteiger partial charge is 0.249 e. The summed E-state index contributed by atoms with van der Waals surface area (Å²) in [6.07, 6.45) is 12.2. The van der Waals surface area contributed by atoms with E-state index in [0.29, 0.717) is 12.8 Å². The van der Waals surface area contributed by atoms with Crippen LogP contribution < -0.4 is 10.6 Å². The number of rotatable bonds is 7. The van der Waals surface area contributed by atoms with Gasteiger partial charge in [-0.2, -0.15) is 0 Å². The number of amides is 2. The quantitative estimate of drug-likeness (QED) is 0.559. The maximum Gasteiger partial charge on any atom is 0.249 e. The lowest BCUT2D eigenvalue weighted by Crippen LogP contribution is -2.50. The number of carbonyl (C=O) groups excluding carboxylic acids is 2. The van der Waals surface area contributed by atoms with Crippen LogP contribution in [0.25, 0.3) is 11.8 Å². The Labute approximate surface area is 159 Å². The number of piperidine rings is 1. The lowest BCUT2D eigenvalue weighted by molar-refractivity contribution is -0.134. The molecule has 0 spiro atoms. The second-order valence-electron chi connectivity index (χ2n) is 6.82. The number of nitrogens with one attached hydrogen (secondary N) is 2. The van der Waals surface area contributed by atoms with E-state index in [1.165, 1.54) is 28.0 Å². The van der Waals surface area contributed by atoms with Crippen molar-refractivity contribution in [3.63, 3.8) is 0 Å². The molecule has 2 N–H and O–H groups in total. The van der Waals surface area contributed by atoms with E-state index in [1.807, 2.05) is 6.08 Å². The molecule has 1 atom stereocenters. The zero-order valence-electron chi connectivity index (χ0n) is 15.3. The normalized spacial score (nSPS) is 20.0. The second kappa shape index (κ2) is 8.49. The largest absolute Gasteiger partial charge is 0.373 e. The van der Waals surface area contributed by atoms with Crippen molar-refractivity contribution in [2.75, 3.05) is 0 Å². The molecule has 3 rings (SSSR count). The van der Waals surface area contributed by atoms with E-state index in [0.717, 1.165) is 31.4 Å². The monoisotopic (exact) mass is 370 g/mol. The van der Waals surface area contributed by atoms with Crippen LogP contribution in [0.1, 0.15) is 61.5 Å². The van der Waals surface area contributed by atoms with Crippen molar-refractivity contribution in [3.8, 4) is 0 Å². The van der Waals surface area contributed by atoms with E-state index in [9.17, 15) is 9.59 Å². The number of hydrogen-bond donors (Lipinski definition) is 2. The van der Waals surface area contributed by atoms with Gasteiger partial charge < -0.3 is 5.32 Å². The van der Waals surface area contributed by atoms with Gasteiger partial charge in [-0.1, -0.05) is 38.2 Å². The molecule has 1 saturated carbocycles. The molecule has 1 aliphatic heterocycles. The van der Waals surface area contributed by atoms with Crippen molar-refractivity contribution in [2.24, 2.45) is 0 Å². The van der Waals surface area contributed by atoms with Crippen LogP contribution in [0.3, 0.4) is 0 Å². The Morgan fingerprint density at radius 2 is 2.19 bits per heavy atom. The zero-order chi connectivity index (χ0) is 18.5. The number of allylic oxidation sites excluding steroid dienone is 3. The molecule has 1 aromatic rings. The molecule has 26 heavy (non-hydrogen) atoms. The minimum atomic E-state index is -0.334. The summed E-state index contributed by atoms with van der Waals surface area (Å²) in [5, 5.41) is 8.13. The predicted octanol–water partition coefficient (Wildman–Crippen LogP) is 4.19. The van der Waals surface area contributed by atoms with Crippen LogP contribution in [0.4, 0.5) is 0 Å². The van der Waals surface area contributed by atoms with Gasteiger partial charge in [-0.15, -0.1) is 11.3 Å². The molecular formula is C21H26N2O2S. The summed E-state index contributed by atoms with van der Waals surface area (Å²) in [5.41, 5.74) is 5.09. The minimum absolute atomic E-state index is 0.175. The van der Waals surface area contributed by atoms with Gasteiger partial charge in [0.05, 0.1) is 10.6 Å². The van der Waals surface area contributed by atoms with Crippen molar-refractivity contribution in [2.45, 2.75) is 57.9 Å². The summed E-state index contributed by atoms with van der Waals surface area (Å²) < 4.78 is 0. The van der Waals surface area contributed by atoms with Crippen molar-refractivity contribution < 1.29 is 9.59 Å². The first-order valence-corrected chi connectivity index (χ1v) is 10.2. The minimum Gasteiger partial charge on any atom is -0.373 e. The third-order valence-electron chi connectivity index (χ3n) is 4.93. The molecule has 2 amide bonds. The SMILES string of the molecule is C=C/C=C\c1csc(C(NC2CCC(=O)NC2=O)=C2CCC2)c1CCC. The third-order valence-corrected chi connectivity index (χ3v) is 5.99. The third kappa shape index (κ3) is 3.98. The molecule has 2 fully saturated rings. The highest BCUT2D eigenvalue weighted by atomic mass is 32.1. The van der Waals surface area contributed by atoms with Crippen molar-refractivity contribution in [1.29, 1.82) is 0 Å². The number of carbonyl (C=O) groups is 2. The Hall–Kier alpha value is -2.14. The highest BCUT2D eigenvalue weighted by Crippen LogP contribution is 2.38. The van der Waals surface area contributed by atoms with Crippen LogP contribution in [0.2, 0.25) is 0 Å². The van der Waals surface area contributed by atoms with Gasteiger partial charge >= 0.3 is 0 Å². The Morgan fingerprint density at radius 1 is 1.38 bits per heavy atom. The maximum absolute atomic E-state index is 12.2. The Morgan fingerprint density at radius 3 is 2.81 bits per heavy atom. The van der Waals surface area contributed by atoms with E-state index in [4.69, 9.17) is 0 Å². The molecule has 0 radical (unpaired) electrons. The van der Waals surface area contributed by atoms with Crippen LogP contribution >= 0.6 is 11.3 Å². The molecule has 5 heteroatoms. The first-order valence-electron chi connectivity index (χ1n) is 9.36.